The molecule has 1 N–H and O–H groups in total. The molecule has 1 fully saturated rings. The van der Waals surface area contributed by atoms with Gasteiger partial charge in [-0.05, 0) is 26.3 Å². The molecule has 0 amide bonds. The van der Waals surface area contributed by atoms with Crippen molar-refractivity contribution in [2.45, 2.75) is 24.8 Å². The first kappa shape index (κ1) is 5.58. The molecule has 0 aromatic carbocycles. The van der Waals surface area contributed by atoms with Gasteiger partial charge < -0.3 is 5.32 Å². The van der Waals surface area contributed by atoms with Crippen molar-refractivity contribution in [2.75, 3.05) is 7.05 Å². The molecule has 0 saturated heterocycles. The molecule has 44 valence electrons. The highest BCUT2D eigenvalue weighted by molar-refractivity contribution is 5.11. The predicted octanol–water partition coefficient (Wildman–Crippen LogP) is 0.652. The Morgan fingerprint density at radius 3 is 2.25 bits per heavy atom. The second-order valence-electron chi connectivity index (χ2n) is 2.30. The van der Waals surface area contributed by atoms with Gasteiger partial charge in [0.05, 0.1) is 6.07 Å². The highest BCUT2D eigenvalue weighted by atomic mass is 15.0. The number of hydrogen-bond donors (Lipinski definition) is 1. The Bertz CT molecular complexity index is 113. The SMILES string of the molecule is CNC1(C#N)CCC1. The first-order valence-electron chi connectivity index (χ1n) is 2.93. The van der Waals surface area contributed by atoms with Gasteiger partial charge in [0, 0.05) is 0 Å². The summed E-state index contributed by atoms with van der Waals surface area (Å²) < 4.78 is 0. The zero-order valence-corrected chi connectivity index (χ0v) is 5.07. The van der Waals surface area contributed by atoms with Crippen molar-refractivity contribution in [1.82, 2.24) is 5.32 Å². The van der Waals surface area contributed by atoms with E-state index in [1.165, 1.54) is 6.42 Å². The first-order valence-corrected chi connectivity index (χ1v) is 2.93. The van der Waals surface area contributed by atoms with Gasteiger partial charge >= 0.3 is 0 Å². The maximum Gasteiger partial charge on any atom is 0.106 e. The third-order valence-electron chi connectivity index (χ3n) is 1.90. The quantitative estimate of drug-likeness (QED) is 0.538. The molecule has 0 heterocycles. The molecular weight excluding hydrogens is 100 g/mol. The summed E-state index contributed by atoms with van der Waals surface area (Å²) >= 11 is 0. The summed E-state index contributed by atoms with van der Waals surface area (Å²) in [7, 11) is 1.85. The van der Waals surface area contributed by atoms with Crippen LogP contribution in [0.5, 0.6) is 0 Å². The van der Waals surface area contributed by atoms with Crippen molar-refractivity contribution in [3.05, 3.63) is 0 Å². The average Bonchev–Trinajstić information content (AvgIpc) is 1.67. The third-order valence-corrected chi connectivity index (χ3v) is 1.90. The third kappa shape index (κ3) is 0.597. The molecule has 0 aromatic heterocycles. The lowest BCUT2D eigenvalue weighted by atomic mass is 9.78. The van der Waals surface area contributed by atoms with Gasteiger partial charge in [-0.1, -0.05) is 0 Å². The Morgan fingerprint density at radius 2 is 2.25 bits per heavy atom. The van der Waals surface area contributed by atoms with E-state index in [2.05, 4.69) is 11.4 Å². The van der Waals surface area contributed by atoms with Gasteiger partial charge in [-0.15, -0.1) is 0 Å². The molecule has 0 unspecified atom stereocenters. The summed E-state index contributed by atoms with van der Waals surface area (Å²) in [4.78, 5) is 0. The van der Waals surface area contributed by atoms with Crippen LogP contribution >= 0.6 is 0 Å². The van der Waals surface area contributed by atoms with Crippen molar-refractivity contribution in [1.29, 1.82) is 5.26 Å². The zero-order chi connectivity index (χ0) is 6.04. The maximum atomic E-state index is 8.52. The minimum atomic E-state index is -0.139. The van der Waals surface area contributed by atoms with E-state index in [0.29, 0.717) is 0 Å². The highest BCUT2D eigenvalue weighted by Gasteiger charge is 2.34. The van der Waals surface area contributed by atoms with Crippen molar-refractivity contribution in [3.63, 3.8) is 0 Å². The molecule has 1 aliphatic rings. The van der Waals surface area contributed by atoms with Gasteiger partial charge in [0.1, 0.15) is 5.54 Å². The number of nitrogens with zero attached hydrogens (tertiary/aromatic N) is 1. The largest absolute Gasteiger partial charge is 0.302 e. The van der Waals surface area contributed by atoms with Crippen molar-refractivity contribution in [3.8, 4) is 6.07 Å². The molecule has 1 rings (SSSR count). The van der Waals surface area contributed by atoms with Crippen LogP contribution in [0.1, 0.15) is 19.3 Å². The molecule has 0 bridgehead atoms. The van der Waals surface area contributed by atoms with Crippen LogP contribution in [-0.4, -0.2) is 12.6 Å². The summed E-state index contributed by atoms with van der Waals surface area (Å²) in [6.45, 7) is 0. The number of nitriles is 1. The van der Waals surface area contributed by atoms with Crippen LogP contribution in [0.15, 0.2) is 0 Å². The molecule has 8 heavy (non-hydrogen) atoms. The van der Waals surface area contributed by atoms with E-state index >= 15 is 0 Å². The fraction of sp³-hybridized carbons (Fsp3) is 0.833. The Kier molecular flexibility index (Phi) is 1.22. The second kappa shape index (κ2) is 1.75. The lowest BCUT2D eigenvalue weighted by Gasteiger charge is -2.34. The Morgan fingerprint density at radius 1 is 1.62 bits per heavy atom. The smallest absolute Gasteiger partial charge is 0.106 e. The molecule has 1 aliphatic carbocycles. The molecule has 2 nitrogen and oxygen atoms in total. The molecule has 2 heteroatoms. The minimum Gasteiger partial charge on any atom is -0.302 e. The van der Waals surface area contributed by atoms with Gasteiger partial charge in [-0.25, -0.2) is 0 Å². The Hall–Kier alpha value is -0.550. The van der Waals surface area contributed by atoms with Crippen LogP contribution in [0.2, 0.25) is 0 Å². The van der Waals surface area contributed by atoms with Gasteiger partial charge in [-0.3, -0.25) is 0 Å². The molecule has 0 spiro atoms. The Labute approximate surface area is 49.5 Å². The van der Waals surface area contributed by atoms with Crippen LogP contribution in [0.3, 0.4) is 0 Å². The topological polar surface area (TPSA) is 35.8 Å². The number of rotatable bonds is 1. The van der Waals surface area contributed by atoms with E-state index < -0.39 is 0 Å². The summed E-state index contributed by atoms with van der Waals surface area (Å²) in [5.41, 5.74) is -0.139. The fourth-order valence-electron chi connectivity index (χ4n) is 0.948. The molecule has 1 saturated carbocycles. The summed E-state index contributed by atoms with van der Waals surface area (Å²) in [5, 5.41) is 11.5. The van der Waals surface area contributed by atoms with Crippen molar-refractivity contribution < 1.29 is 0 Å². The van der Waals surface area contributed by atoms with Crippen molar-refractivity contribution in [2.24, 2.45) is 0 Å². The van der Waals surface area contributed by atoms with E-state index in [4.69, 9.17) is 5.26 Å². The molecule has 0 atom stereocenters. The van der Waals surface area contributed by atoms with E-state index in [0.717, 1.165) is 12.8 Å². The number of hydrogen-bond acceptors (Lipinski definition) is 2. The minimum absolute atomic E-state index is 0.139. The van der Waals surface area contributed by atoms with Gasteiger partial charge in [0.25, 0.3) is 0 Å². The monoisotopic (exact) mass is 110 g/mol. The standard InChI is InChI=1S/C6H10N2/c1-8-6(5-7)3-2-4-6/h8H,2-4H2,1H3. The van der Waals surface area contributed by atoms with E-state index in [1.807, 2.05) is 7.05 Å². The summed E-state index contributed by atoms with van der Waals surface area (Å²) in [6.07, 6.45) is 3.26. The van der Waals surface area contributed by atoms with Crippen LogP contribution < -0.4 is 5.32 Å². The van der Waals surface area contributed by atoms with Gasteiger partial charge in [0.2, 0.25) is 0 Å². The molecular formula is C6H10N2. The second-order valence-corrected chi connectivity index (χ2v) is 2.30. The van der Waals surface area contributed by atoms with Crippen molar-refractivity contribution >= 4 is 0 Å². The van der Waals surface area contributed by atoms with Crippen LogP contribution in [0, 0.1) is 11.3 Å². The summed E-state index contributed by atoms with van der Waals surface area (Å²) in [6, 6.07) is 2.25. The van der Waals surface area contributed by atoms with E-state index in [1.54, 1.807) is 0 Å². The highest BCUT2D eigenvalue weighted by Crippen LogP contribution is 2.29. The van der Waals surface area contributed by atoms with Crippen LogP contribution in [-0.2, 0) is 0 Å². The predicted molar refractivity (Wildman–Crippen MR) is 31.3 cm³/mol. The number of nitrogens with one attached hydrogen (secondary N) is 1. The lowest BCUT2D eigenvalue weighted by Crippen LogP contribution is -2.47. The van der Waals surface area contributed by atoms with Crippen LogP contribution in [0.4, 0.5) is 0 Å². The fourth-order valence-corrected chi connectivity index (χ4v) is 0.948. The van der Waals surface area contributed by atoms with E-state index in [-0.39, 0.29) is 5.54 Å². The first-order chi connectivity index (χ1) is 3.83. The van der Waals surface area contributed by atoms with Gasteiger partial charge in [-0.2, -0.15) is 5.26 Å². The lowest BCUT2D eigenvalue weighted by molar-refractivity contribution is 0.273. The van der Waals surface area contributed by atoms with Gasteiger partial charge in [0.15, 0.2) is 0 Å². The molecule has 0 aliphatic heterocycles. The molecule has 0 radical (unpaired) electrons. The zero-order valence-electron chi connectivity index (χ0n) is 5.07. The van der Waals surface area contributed by atoms with Crippen LogP contribution in [0.25, 0.3) is 0 Å². The summed E-state index contributed by atoms with van der Waals surface area (Å²) in [5.74, 6) is 0. The maximum absolute atomic E-state index is 8.52. The average molecular weight is 110 g/mol. The normalized spacial score (nSPS) is 23.5. The molecule has 0 aromatic rings. The van der Waals surface area contributed by atoms with E-state index in [9.17, 15) is 0 Å². The Balaban J connectivity index is 2.49.